The number of aromatic nitrogens is 1. The monoisotopic (exact) mass is 388 g/mol. The van der Waals surface area contributed by atoms with Crippen LogP contribution in [-0.2, 0) is 16.1 Å². The Balaban J connectivity index is 1.66. The third-order valence-corrected chi connectivity index (χ3v) is 4.91. The summed E-state index contributed by atoms with van der Waals surface area (Å²) in [7, 11) is 1.68. The van der Waals surface area contributed by atoms with Crippen molar-refractivity contribution in [2.24, 2.45) is 0 Å². The van der Waals surface area contributed by atoms with Gasteiger partial charge < -0.3 is 9.64 Å². The summed E-state index contributed by atoms with van der Waals surface area (Å²) in [6, 6.07) is 8.92. The molecule has 134 valence electrons. The zero-order valence-electron chi connectivity index (χ0n) is 14.4. The molecule has 2 heterocycles. The lowest BCUT2D eigenvalue weighted by molar-refractivity contribution is -0.133. The molecule has 3 aromatic rings. The quantitative estimate of drug-likeness (QED) is 0.618. The Morgan fingerprint density at radius 1 is 1.27 bits per heavy atom. The molecule has 0 radical (unpaired) electrons. The Morgan fingerprint density at radius 3 is 2.81 bits per heavy atom. The van der Waals surface area contributed by atoms with Crippen LogP contribution >= 0.6 is 22.9 Å². The number of amides is 1. The van der Waals surface area contributed by atoms with E-state index in [1.165, 1.54) is 4.90 Å². The molecule has 0 saturated heterocycles. The maximum absolute atomic E-state index is 12.4. The number of fused-ring (bicyclic) bond motifs is 1. The Kier molecular flexibility index (Phi) is 5.54. The van der Waals surface area contributed by atoms with E-state index in [1.807, 2.05) is 16.8 Å². The van der Waals surface area contributed by atoms with Gasteiger partial charge in [0.05, 0.1) is 16.8 Å². The molecule has 0 bridgehead atoms. The van der Waals surface area contributed by atoms with Gasteiger partial charge in [-0.15, -0.1) is 0 Å². The van der Waals surface area contributed by atoms with Crippen LogP contribution in [0, 0.1) is 6.92 Å². The van der Waals surface area contributed by atoms with Crippen LogP contribution in [0.4, 0.5) is 0 Å². The summed E-state index contributed by atoms with van der Waals surface area (Å²) in [5.74, 6) is -0.840. The first kappa shape index (κ1) is 18.4. The minimum Gasteiger partial charge on any atom is -0.452 e. The molecule has 0 aliphatic carbocycles. The van der Waals surface area contributed by atoms with Gasteiger partial charge in [0.2, 0.25) is 0 Å². The van der Waals surface area contributed by atoms with Crippen molar-refractivity contribution < 1.29 is 14.3 Å². The van der Waals surface area contributed by atoms with E-state index >= 15 is 0 Å². The lowest BCUT2D eigenvalue weighted by atomic mass is 10.1. The number of rotatable bonds is 5. The van der Waals surface area contributed by atoms with Crippen LogP contribution in [0.2, 0.25) is 5.02 Å². The highest BCUT2D eigenvalue weighted by molar-refractivity contribution is 7.07. The third-order valence-electron chi connectivity index (χ3n) is 3.94. The summed E-state index contributed by atoms with van der Waals surface area (Å²) in [5.41, 5.74) is 2.66. The van der Waals surface area contributed by atoms with E-state index in [-0.39, 0.29) is 12.5 Å². The van der Waals surface area contributed by atoms with Gasteiger partial charge >= 0.3 is 5.97 Å². The molecule has 1 amide bonds. The number of halogens is 1. The summed E-state index contributed by atoms with van der Waals surface area (Å²) in [6.07, 6.45) is 0. The molecule has 1 aromatic carbocycles. The lowest BCUT2D eigenvalue weighted by Gasteiger charge is -2.16. The Labute approximate surface area is 160 Å². The third kappa shape index (κ3) is 4.20. The molecule has 2 aromatic heterocycles. The van der Waals surface area contributed by atoms with Crippen molar-refractivity contribution in [1.29, 1.82) is 0 Å². The number of benzene rings is 1. The highest BCUT2D eigenvalue weighted by atomic mass is 35.5. The Bertz CT molecular complexity index is 957. The fraction of sp³-hybridized carbons (Fsp3) is 0.211. The number of hydrogen-bond donors (Lipinski definition) is 0. The zero-order valence-corrected chi connectivity index (χ0v) is 15.9. The highest BCUT2D eigenvalue weighted by Gasteiger charge is 2.17. The number of likely N-dealkylation sites (N-methyl/N-ethyl adjacent to an activating group) is 1. The van der Waals surface area contributed by atoms with Gasteiger partial charge in [-0.1, -0.05) is 11.6 Å². The first-order valence-electron chi connectivity index (χ1n) is 7.93. The summed E-state index contributed by atoms with van der Waals surface area (Å²) >= 11 is 7.57. The van der Waals surface area contributed by atoms with Gasteiger partial charge in [-0.2, -0.15) is 11.3 Å². The molecule has 0 N–H and O–H groups in total. The molecule has 5 nitrogen and oxygen atoms in total. The second-order valence-corrected chi connectivity index (χ2v) is 7.13. The fourth-order valence-electron chi connectivity index (χ4n) is 2.51. The topological polar surface area (TPSA) is 59.5 Å². The number of carbonyl (C=O) groups excluding carboxylic acids is 2. The van der Waals surface area contributed by atoms with Crippen LogP contribution in [0.1, 0.15) is 21.6 Å². The lowest BCUT2D eigenvalue weighted by Crippen LogP contribution is -2.30. The number of esters is 1. The van der Waals surface area contributed by atoms with Gasteiger partial charge in [-0.25, -0.2) is 4.79 Å². The molecule has 26 heavy (non-hydrogen) atoms. The molecule has 0 saturated carbocycles. The van der Waals surface area contributed by atoms with Crippen LogP contribution in [0.15, 0.2) is 41.1 Å². The van der Waals surface area contributed by atoms with Gasteiger partial charge in [0.1, 0.15) is 0 Å². The maximum Gasteiger partial charge on any atom is 0.340 e. The molecule has 0 atom stereocenters. The maximum atomic E-state index is 12.4. The van der Waals surface area contributed by atoms with Crippen molar-refractivity contribution in [3.8, 4) is 0 Å². The summed E-state index contributed by atoms with van der Waals surface area (Å²) in [4.78, 5) is 30.5. The fourth-order valence-corrected chi connectivity index (χ4v) is 3.35. The number of ether oxygens (including phenoxy) is 1. The average molecular weight is 389 g/mol. The van der Waals surface area contributed by atoms with E-state index < -0.39 is 5.97 Å². The molecule has 0 unspecified atom stereocenters. The van der Waals surface area contributed by atoms with E-state index in [2.05, 4.69) is 4.98 Å². The second kappa shape index (κ2) is 7.85. The minimum absolute atomic E-state index is 0.265. The van der Waals surface area contributed by atoms with Gasteiger partial charge in [-0.05, 0) is 53.6 Å². The van der Waals surface area contributed by atoms with Crippen LogP contribution in [0.5, 0.6) is 0 Å². The van der Waals surface area contributed by atoms with Crippen molar-refractivity contribution >= 4 is 45.7 Å². The van der Waals surface area contributed by atoms with Crippen molar-refractivity contribution in [2.45, 2.75) is 13.5 Å². The minimum atomic E-state index is -0.575. The standard InChI is InChI=1S/C19H17ClN2O3S/c1-12-16(8-14-7-15(20)3-4-17(14)21-12)19(24)25-10-18(23)22(2)9-13-5-6-26-11-13/h3-8,11H,9-10H2,1-2H3. The smallest absolute Gasteiger partial charge is 0.340 e. The van der Waals surface area contributed by atoms with Crippen molar-refractivity contribution in [3.63, 3.8) is 0 Å². The van der Waals surface area contributed by atoms with E-state index in [9.17, 15) is 9.59 Å². The van der Waals surface area contributed by atoms with Crippen LogP contribution < -0.4 is 0 Å². The normalized spacial score (nSPS) is 10.7. The van der Waals surface area contributed by atoms with Crippen LogP contribution in [0.25, 0.3) is 10.9 Å². The van der Waals surface area contributed by atoms with E-state index in [0.29, 0.717) is 22.8 Å². The first-order chi connectivity index (χ1) is 12.4. The van der Waals surface area contributed by atoms with Gasteiger partial charge in [0.15, 0.2) is 6.61 Å². The molecule has 0 spiro atoms. The summed E-state index contributed by atoms with van der Waals surface area (Å²) in [6.45, 7) is 1.90. The Hall–Kier alpha value is -2.44. The largest absolute Gasteiger partial charge is 0.452 e. The molecule has 3 rings (SSSR count). The molecular weight excluding hydrogens is 372 g/mol. The summed E-state index contributed by atoms with van der Waals surface area (Å²) < 4.78 is 5.19. The number of aryl methyl sites for hydroxylation is 1. The van der Waals surface area contributed by atoms with Crippen molar-refractivity contribution in [1.82, 2.24) is 9.88 Å². The van der Waals surface area contributed by atoms with Crippen LogP contribution in [-0.4, -0.2) is 35.4 Å². The average Bonchev–Trinajstić information content (AvgIpc) is 3.12. The van der Waals surface area contributed by atoms with E-state index in [0.717, 1.165) is 16.5 Å². The van der Waals surface area contributed by atoms with Gasteiger partial charge in [-0.3, -0.25) is 9.78 Å². The second-order valence-electron chi connectivity index (χ2n) is 5.92. The number of hydrogen-bond acceptors (Lipinski definition) is 5. The number of pyridine rings is 1. The predicted molar refractivity (Wildman–Crippen MR) is 103 cm³/mol. The van der Waals surface area contributed by atoms with Gasteiger partial charge in [0.25, 0.3) is 5.91 Å². The number of carbonyl (C=O) groups is 2. The zero-order chi connectivity index (χ0) is 18.7. The van der Waals surface area contributed by atoms with Crippen molar-refractivity contribution in [3.05, 3.63) is 62.9 Å². The predicted octanol–water partition coefficient (Wildman–Crippen LogP) is 4.07. The molecule has 0 aliphatic rings. The SMILES string of the molecule is Cc1nc2ccc(Cl)cc2cc1C(=O)OCC(=O)N(C)Cc1ccsc1. The first-order valence-corrected chi connectivity index (χ1v) is 9.25. The molecule has 0 fully saturated rings. The highest BCUT2D eigenvalue weighted by Crippen LogP contribution is 2.21. The number of thiophene rings is 1. The molecular formula is C19H17ClN2O3S. The molecule has 7 heteroatoms. The van der Waals surface area contributed by atoms with E-state index in [4.69, 9.17) is 16.3 Å². The van der Waals surface area contributed by atoms with Crippen LogP contribution in [0.3, 0.4) is 0 Å². The number of nitrogens with zero attached hydrogens (tertiary/aromatic N) is 2. The van der Waals surface area contributed by atoms with E-state index in [1.54, 1.807) is 49.6 Å². The van der Waals surface area contributed by atoms with Gasteiger partial charge in [0, 0.05) is 24.0 Å². The summed E-state index contributed by atoms with van der Waals surface area (Å²) in [5, 5.41) is 5.24. The van der Waals surface area contributed by atoms with Crippen molar-refractivity contribution in [2.75, 3.05) is 13.7 Å². The Morgan fingerprint density at radius 2 is 2.08 bits per heavy atom. The molecule has 0 aliphatic heterocycles.